The molecule has 0 spiro atoms. The molecule has 2 rings (SSSR count). The van der Waals surface area contributed by atoms with Crippen molar-refractivity contribution in [3.63, 3.8) is 0 Å². The van der Waals surface area contributed by atoms with Crippen LogP contribution in [0.4, 0.5) is 0 Å². The Bertz CT molecular complexity index is 609. The Morgan fingerprint density at radius 3 is 2.67 bits per heavy atom. The van der Waals surface area contributed by atoms with Crippen molar-refractivity contribution in [2.75, 3.05) is 0 Å². The van der Waals surface area contributed by atoms with E-state index in [1.54, 1.807) is 13.0 Å². The summed E-state index contributed by atoms with van der Waals surface area (Å²) in [5.41, 5.74) is 1.97. The normalized spacial score (nSPS) is 30.2. The lowest BCUT2D eigenvalue weighted by Crippen LogP contribution is -2.35. The molecule has 2 fully saturated rings. The van der Waals surface area contributed by atoms with Crippen LogP contribution in [0.3, 0.4) is 0 Å². The molecule has 2 aliphatic rings. The molecule has 1 heterocycles. The quantitative estimate of drug-likeness (QED) is 0.320. The second-order valence-corrected chi connectivity index (χ2v) is 7.23. The third-order valence-electron chi connectivity index (χ3n) is 5.11. The maximum absolute atomic E-state index is 12.2. The molecule has 1 saturated carbocycles. The van der Waals surface area contributed by atoms with Gasteiger partial charge in [-0.2, -0.15) is 0 Å². The molecule has 0 radical (unpaired) electrons. The van der Waals surface area contributed by atoms with Crippen molar-refractivity contribution in [2.45, 2.75) is 71.7 Å². The zero-order valence-corrected chi connectivity index (χ0v) is 15.3. The van der Waals surface area contributed by atoms with Gasteiger partial charge in [0.1, 0.15) is 11.7 Å². The van der Waals surface area contributed by atoms with Gasteiger partial charge in [0.15, 0.2) is 5.78 Å². The molecule has 1 aliphatic carbocycles. The monoisotopic (exact) mass is 332 g/mol. The maximum atomic E-state index is 12.2. The third-order valence-corrected chi connectivity index (χ3v) is 5.11. The van der Waals surface area contributed by atoms with Crippen LogP contribution >= 0.6 is 0 Å². The van der Waals surface area contributed by atoms with E-state index in [9.17, 15) is 9.59 Å². The fourth-order valence-corrected chi connectivity index (χ4v) is 3.05. The summed E-state index contributed by atoms with van der Waals surface area (Å²) < 4.78 is 11.2. The van der Waals surface area contributed by atoms with Gasteiger partial charge in [-0.3, -0.25) is 4.79 Å². The van der Waals surface area contributed by atoms with Crippen molar-refractivity contribution in [1.29, 1.82) is 0 Å². The summed E-state index contributed by atoms with van der Waals surface area (Å²) in [7, 11) is 0. The Morgan fingerprint density at radius 2 is 2.12 bits per heavy atom. The summed E-state index contributed by atoms with van der Waals surface area (Å²) in [6, 6.07) is 0. The molecule has 4 atom stereocenters. The van der Waals surface area contributed by atoms with Gasteiger partial charge in [0, 0.05) is 18.4 Å². The number of ketones is 1. The average molecular weight is 332 g/mol. The number of allylic oxidation sites excluding steroid dienone is 2. The third kappa shape index (κ3) is 3.86. The lowest BCUT2D eigenvalue weighted by atomic mass is 9.77. The summed E-state index contributed by atoms with van der Waals surface area (Å²) in [6.07, 6.45) is 5.11. The minimum Gasteiger partial charge on any atom is -0.454 e. The number of carbonyl (C=O) groups is 2. The van der Waals surface area contributed by atoms with Crippen LogP contribution in [0.1, 0.15) is 53.9 Å². The van der Waals surface area contributed by atoms with E-state index < -0.39 is 11.7 Å². The van der Waals surface area contributed by atoms with Gasteiger partial charge in [0.25, 0.3) is 0 Å². The van der Waals surface area contributed by atoms with Crippen LogP contribution in [0.15, 0.2) is 35.5 Å². The standard InChI is InChI=1S/C20H28O4/c1-7-13(4)19(22)23-16(9-8-12(2)3)14(5)15-10-17(21)20(6)18(11-15)24-20/h7-8,15-16,18H,5,9-11H2,1-4,6H3/b13-7-/t15-,16+,18-,20+/m1/s1. The van der Waals surface area contributed by atoms with E-state index in [0.29, 0.717) is 18.4 Å². The van der Waals surface area contributed by atoms with Gasteiger partial charge in [-0.1, -0.05) is 24.3 Å². The predicted octanol–water partition coefficient (Wildman–Crippen LogP) is 3.91. The van der Waals surface area contributed by atoms with Gasteiger partial charge in [-0.15, -0.1) is 0 Å². The van der Waals surface area contributed by atoms with Crippen molar-refractivity contribution < 1.29 is 19.1 Å². The number of hydrogen-bond donors (Lipinski definition) is 0. The van der Waals surface area contributed by atoms with E-state index in [-0.39, 0.29) is 23.8 Å². The van der Waals surface area contributed by atoms with Crippen molar-refractivity contribution in [1.82, 2.24) is 0 Å². The Kier molecular flexibility index (Phi) is 5.49. The topological polar surface area (TPSA) is 55.9 Å². The van der Waals surface area contributed by atoms with Crippen LogP contribution in [-0.2, 0) is 19.1 Å². The molecule has 0 bridgehead atoms. The first-order valence-corrected chi connectivity index (χ1v) is 8.56. The summed E-state index contributed by atoms with van der Waals surface area (Å²) in [5.74, 6) is -0.199. The first-order chi connectivity index (χ1) is 11.2. The summed E-state index contributed by atoms with van der Waals surface area (Å²) in [4.78, 5) is 24.4. The number of ether oxygens (including phenoxy) is 2. The van der Waals surface area contributed by atoms with Gasteiger partial charge in [-0.05, 0) is 52.5 Å². The number of fused-ring (bicyclic) bond motifs is 1. The van der Waals surface area contributed by atoms with Gasteiger partial charge in [0.05, 0.1) is 6.10 Å². The number of hydrogen-bond acceptors (Lipinski definition) is 4. The summed E-state index contributed by atoms with van der Waals surface area (Å²) in [6.45, 7) is 13.6. The van der Waals surface area contributed by atoms with Crippen molar-refractivity contribution in [3.05, 3.63) is 35.5 Å². The molecule has 0 aromatic rings. The number of Topliss-reactive ketones (excluding diaryl/α,β-unsaturated/α-hetero) is 1. The molecule has 24 heavy (non-hydrogen) atoms. The largest absolute Gasteiger partial charge is 0.454 e. The van der Waals surface area contributed by atoms with E-state index in [2.05, 4.69) is 6.58 Å². The van der Waals surface area contributed by atoms with Gasteiger partial charge in [-0.25, -0.2) is 4.79 Å². The number of rotatable bonds is 6. The molecule has 0 N–H and O–H groups in total. The Hall–Kier alpha value is -1.68. The molecular weight excluding hydrogens is 304 g/mol. The van der Waals surface area contributed by atoms with E-state index in [1.165, 1.54) is 0 Å². The number of carbonyl (C=O) groups excluding carboxylic acids is 2. The van der Waals surface area contributed by atoms with Crippen LogP contribution in [0.2, 0.25) is 0 Å². The molecule has 0 amide bonds. The predicted molar refractivity (Wildman–Crippen MR) is 93.5 cm³/mol. The lowest BCUT2D eigenvalue weighted by Gasteiger charge is -2.28. The average Bonchev–Trinajstić information content (AvgIpc) is 3.21. The molecule has 0 aromatic carbocycles. The van der Waals surface area contributed by atoms with Crippen LogP contribution in [0.25, 0.3) is 0 Å². The van der Waals surface area contributed by atoms with Crippen molar-refractivity contribution >= 4 is 11.8 Å². The van der Waals surface area contributed by atoms with E-state index in [0.717, 1.165) is 17.6 Å². The minimum absolute atomic E-state index is 0.00681. The molecule has 4 heteroatoms. The summed E-state index contributed by atoms with van der Waals surface area (Å²) in [5, 5.41) is 0. The van der Waals surface area contributed by atoms with Gasteiger partial charge in [0.2, 0.25) is 0 Å². The van der Waals surface area contributed by atoms with E-state index >= 15 is 0 Å². The molecule has 1 aliphatic heterocycles. The highest BCUT2D eigenvalue weighted by atomic mass is 16.6. The van der Waals surface area contributed by atoms with Gasteiger partial charge >= 0.3 is 5.97 Å². The second kappa shape index (κ2) is 7.06. The lowest BCUT2D eigenvalue weighted by molar-refractivity contribution is -0.142. The molecule has 0 unspecified atom stereocenters. The second-order valence-electron chi connectivity index (χ2n) is 7.23. The Morgan fingerprint density at radius 1 is 1.46 bits per heavy atom. The highest BCUT2D eigenvalue weighted by Gasteiger charge is 2.61. The molecule has 132 valence electrons. The fraction of sp³-hybridized carbons (Fsp3) is 0.600. The van der Waals surface area contributed by atoms with Gasteiger partial charge < -0.3 is 9.47 Å². The highest BCUT2D eigenvalue weighted by Crippen LogP contribution is 2.49. The number of epoxide rings is 1. The molecule has 4 nitrogen and oxygen atoms in total. The zero-order chi connectivity index (χ0) is 18.1. The molecular formula is C20H28O4. The Labute approximate surface area is 144 Å². The van der Waals surface area contributed by atoms with Crippen LogP contribution in [0.5, 0.6) is 0 Å². The summed E-state index contributed by atoms with van der Waals surface area (Å²) >= 11 is 0. The van der Waals surface area contributed by atoms with E-state index in [4.69, 9.17) is 9.47 Å². The molecule has 1 saturated heterocycles. The first-order valence-electron chi connectivity index (χ1n) is 8.56. The highest BCUT2D eigenvalue weighted by molar-refractivity contribution is 5.91. The SMILES string of the molecule is C=C([C@@H]1CC(=O)[C@]2(C)O[C@@H]2C1)[C@H](CC=C(C)C)OC(=O)/C(C)=C\C. The fourth-order valence-electron chi connectivity index (χ4n) is 3.05. The zero-order valence-electron chi connectivity index (χ0n) is 15.3. The van der Waals surface area contributed by atoms with Crippen LogP contribution in [-0.4, -0.2) is 29.6 Å². The molecule has 0 aromatic heterocycles. The Balaban J connectivity index is 2.10. The van der Waals surface area contributed by atoms with E-state index in [1.807, 2.05) is 33.8 Å². The maximum Gasteiger partial charge on any atom is 0.333 e. The van der Waals surface area contributed by atoms with Crippen LogP contribution < -0.4 is 0 Å². The first kappa shape index (κ1) is 18.7. The van der Waals surface area contributed by atoms with Crippen molar-refractivity contribution in [2.24, 2.45) is 5.92 Å². The van der Waals surface area contributed by atoms with Crippen LogP contribution in [0, 0.1) is 5.92 Å². The number of esters is 1. The van der Waals surface area contributed by atoms with Crippen molar-refractivity contribution in [3.8, 4) is 0 Å². The smallest absolute Gasteiger partial charge is 0.333 e. The minimum atomic E-state index is -0.579.